The molecule has 0 saturated carbocycles. The van der Waals surface area contributed by atoms with Crippen LogP contribution in [-0.4, -0.2) is 36.7 Å². The van der Waals surface area contributed by atoms with Gasteiger partial charge in [0.1, 0.15) is 0 Å². The number of amides is 1. The van der Waals surface area contributed by atoms with E-state index < -0.39 is 0 Å². The molecule has 1 aromatic carbocycles. The molecule has 6 nitrogen and oxygen atoms in total. The number of carbonyl (C=O) groups excluding carboxylic acids is 1. The number of anilines is 1. The van der Waals surface area contributed by atoms with E-state index in [4.69, 9.17) is 4.74 Å². The van der Waals surface area contributed by atoms with Crippen LogP contribution < -0.4 is 15.8 Å². The number of nitrogens with one attached hydrogen (secondary N) is 2. The van der Waals surface area contributed by atoms with Crippen LogP contribution in [0, 0.1) is 20.8 Å². The summed E-state index contributed by atoms with van der Waals surface area (Å²) in [5.41, 5.74) is 6.14. The van der Waals surface area contributed by atoms with Crippen LogP contribution in [0.15, 0.2) is 23.0 Å². The highest BCUT2D eigenvalue weighted by Gasteiger charge is 2.25. The fraction of sp³-hybridized carbons (Fsp3) is 0.538. The van der Waals surface area contributed by atoms with E-state index in [1.165, 1.54) is 0 Å². The molecule has 0 aliphatic carbocycles. The van der Waals surface area contributed by atoms with Gasteiger partial charge >= 0.3 is 0 Å². The highest BCUT2D eigenvalue weighted by atomic mass is 16.5. The smallest absolute Gasteiger partial charge is 0.253 e. The van der Waals surface area contributed by atoms with Crippen molar-refractivity contribution in [3.05, 3.63) is 62.1 Å². The Bertz CT molecular complexity index is 1010. The number of benzene rings is 1. The van der Waals surface area contributed by atoms with Gasteiger partial charge in [0.2, 0.25) is 0 Å². The van der Waals surface area contributed by atoms with Crippen molar-refractivity contribution < 1.29 is 9.53 Å². The van der Waals surface area contributed by atoms with Crippen molar-refractivity contribution in [3.8, 4) is 0 Å². The molecule has 0 bridgehead atoms. The van der Waals surface area contributed by atoms with Gasteiger partial charge in [-0.15, -0.1) is 0 Å². The van der Waals surface area contributed by atoms with Crippen LogP contribution in [0.1, 0.15) is 71.4 Å². The Kier molecular flexibility index (Phi) is 8.13. The number of rotatable bonds is 8. The molecule has 0 spiro atoms. The summed E-state index contributed by atoms with van der Waals surface area (Å²) in [5.74, 6) is -0.137. The second-order valence-electron chi connectivity index (χ2n) is 8.80. The first-order valence-corrected chi connectivity index (χ1v) is 11.8. The lowest BCUT2D eigenvalue weighted by atomic mass is 9.97. The van der Waals surface area contributed by atoms with Crippen molar-refractivity contribution in [2.45, 2.75) is 72.9 Å². The van der Waals surface area contributed by atoms with E-state index in [0.717, 1.165) is 73.5 Å². The fourth-order valence-electron chi connectivity index (χ4n) is 4.60. The molecular formula is C26H37N3O3. The molecule has 1 aliphatic heterocycles. The van der Waals surface area contributed by atoms with Crippen molar-refractivity contribution in [2.75, 3.05) is 24.7 Å². The molecule has 0 radical (unpaired) electrons. The van der Waals surface area contributed by atoms with Gasteiger partial charge in [-0.1, -0.05) is 13.8 Å². The zero-order valence-corrected chi connectivity index (χ0v) is 20.1. The fourth-order valence-corrected chi connectivity index (χ4v) is 4.60. The number of ether oxygens (including phenoxy) is 1. The molecule has 32 heavy (non-hydrogen) atoms. The SMILES string of the molecule is CCCN(c1cc(CC)cc(C(=O)NCc2c(C)cc(C)[nH]c2=O)c1C)C1CCOCC1. The van der Waals surface area contributed by atoms with E-state index in [1.807, 2.05) is 32.9 Å². The molecule has 1 amide bonds. The molecule has 174 valence electrons. The van der Waals surface area contributed by atoms with Crippen LogP contribution in [0.4, 0.5) is 5.69 Å². The summed E-state index contributed by atoms with van der Waals surface area (Å²) in [7, 11) is 0. The molecule has 1 saturated heterocycles. The van der Waals surface area contributed by atoms with Crippen molar-refractivity contribution in [3.63, 3.8) is 0 Å². The van der Waals surface area contributed by atoms with Crippen LogP contribution in [0.3, 0.4) is 0 Å². The number of hydrogen-bond donors (Lipinski definition) is 2. The van der Waals surface area contributed by atoms with Gasteiger partial charge < -0.3 is 19.9 Å². The van der Waals surface area contributed by atoms with Crippen molar-refractivity contribution >= 4 is 11.6 Å². The van der Waals surface area contributed by atoms with E-state index in [2.05, 4.69) is 35.1 Å². The molecule has 0 atom stereocenters. The lowest BCUT2D eigenvalue weighted by molar-refractivity contribution is 0.0843. The van der Waals surface area contributed by atoms with Gasteiger partial charge in [0.15, 0.2) is 0 Å². The van der Waals surface area contributed by atoms with Gasteiger partial charge in [0, 0.05) is 54.9 Å². The average Bonchev–Trinajstić information content (AvgIpc) is 2.77. The highest BCUT2D eigenvalue weighted by Crippen LogP contribution is 2.30. The first-order valence-electron chi connectivity index (χ1n) is 11.8. The summed E-state index contributed by atoms with van der Waals surface area (Å²) < 4.78 is 5.58. The highest BCUT2D eigenvalue weighted by molar-refractivity contribution is 5.97. The minimum Gasteiger partial charge on any atom is -0.381 e. The van der Waals surface area contributed by atoms with E-state index >= 15 is 0 Å². The van der Waals surface area contributed by atoms with Crippen molar-refractivity contribution in [1.82, 2.24) is 10.3 Å². The third kappa shape index (κ3) is 5.41. The summed E-state index contributed by atoms with van der Waals surface area (Å²) >= 11 is 0. The lowest BCUT2D eigenvalue weighted by Crippen LogP contribution is -2.40. The van der Waals surface area contributed by atoms with Gasteiger partial charge in [0.25, 0.3) is 11.5 Å². The number of aromatic amines is 1. The number of nitrogens with zero attached hydrogens (tertiary/aromatic N) is 1. The van der Waals surface area contributed by atoms with E-state index in [9.17, 15) is 9.59 Å². The molecule has 2 heterocycles. The molecule has 1 aromatic heterocycles. The number of aryl methyl sites for hydroxylation is 3. The summed E-state index contributed by atoms with van der Waals surface area (Å²) in [4.78, 5) is 30.9. The summed E-state index contributed by atoms with van der Waals surface area (Å²) in [6.45, 7) is 12.9. The van der Waals surface area contributed by atoms with Crippen LogP contribution in [0.25, 0.3) is 0 Å². The third-order valence-corrected chi connectivity index (χ3v) is 6.42. The second kappa shape index (κ2) is 10.8. The lowest BCUT2D eigenvalue weighted by Gasteiger charge is -2.37. The zero-order chi connectivity index (χ0) is 23.3. The monoisotopic (exact) mass is 439 g/mol. The Morgan fingerprint density at radius 2 is 1.88 bits per heavy atom. The van der Waals surface area contributed by atoms with Crippen LogP contribution in [0.2, 0.25) is 0 Å². The van der Waals surface area contributed by atoms with Crippen LogP contribution in [0.5, 0.6) is 0 Å². The largest absolute Gasteiger partial charge is 0.381 e. The molecule has 1 aliphatic rings. The van der Waals surface area contributed by atoms with E-state index in [0.29, 0.717) is 17.2 Å². The molecule has 1 fully saturated rings. The number of H-pyrrole nitrogens is 1. The molecule has 6 heteroatoms. The minimum absolute atomic E-state index is 0.137. The summed E-state index contributed by atoms with van der Waals surface area (Å²) in [6, 6.07) is 6.60. The predicted octanol–water partition coefficient (Wildman–Crippen LogP) is 4.19. The number of aromatic nitrogens is 1. The predicted molar refractivity (Wildman–Crippen MR) is 130 cm³/mol. The number of carbonyl (C=O) groups is 1. The van der Waals surface area contributed by atoms with Gasteiger partial charge in [-0.25, -0.2) is 0 Å². The normalized spacial score (nSPS) is 14.4. The Morgan fingerprint density at radius 3 is 2.50 bits per heavy atom. The average molecular weight is 440 g/mol. The maximum Gasteiger partial charge on any atom is 0.253 e. The van der Waals surface area contributed by atoms with Gasteiger partial charge in [0.05, 0.1) is 0 Å². The topological polar surface area (TPSA) is 74.4 Å². The van der Waals surface area contributed by atoms with Gasteiger partial charge in [-0.2, -0.15) is 0 Å². The maximum absolute atomic E-state index is 13.2. The first-order chi connectivity index (χ1) is 15.3. The van der Waals surface area contributed by atoms with Crippen molar-refractivity contribution in [1.29, 1.82) is 0 Å². The maximum atomic E-state index is 13.2. The Balaban J connectivity index is 1.90. The summed E-state index contributed by atoms with van der Waals surface area (Å²) in [5, 5.41) is 2.99. The number of pyridine rings is 1. The first kappa shape index (κ1) is 24.1. The molecule has 2 N–H and O–H groups in total. The molecular weight excluding hydrogens is 402 g/mol. The molecule has 2 aromatic rings. The van der Waals surface area contributed by atoms with Gasteiger partial charge in [-0.3, -0.25) is 9.59 Å². The standard InChI is InChI=1S/C26H37N3O3/c1-6-10-29(21-8-11-32-12-9-21)24-15-20(7-2)14-22(19(24)5)25(30)27-16-23-17(3)13-18(4)28-26(23)31/h13-15,21H,6-12,16H2,1-5H3,(H,27,30)(H,28,31). The Morgan fingerprint density at radius 1 is 1.16 bits per heavy atom. The van der Waals surface area contributed by atoms with E-state index in [1.54, 1.807) is 0 Å². The minimum atomic E-state index is -0.142. The quantitative estimate of drug-likeness (QED) is 0.647. The number of hydrogen-bond acceptors (Lipinski definition) is 4. The zero-order valence-electron chi connectivity index (χ0n) is 20.1. The van der Waals surface area contributed by atoms with Gasteiger partial charge in [-0.05, 0) is 81.3 Å². The Labute approximate surface area is 191 Å². The van der Waals surface area contributed by atoms with Crippen LogP contribution in [-0.2, 0) is 17.7 Å². The van der Waals surface area contributed by atoms with E-state index in [-0.39, 0.29) is 18.0 Å². The molecule has 0 unspecified atom stereocenters. The Hall–Kier alpha value is -2.60. The third-order valence-electron chi connectivity index (χ3n) is 6.42. The second-order valence-corrected chi connectivity index (χ2v) is 8.80. The van der Waals surface area contributed by atoms with Crippen molar-refractivity contribution in [2.24, 2.45) is 0 Å². The molecule has 3 rings (SSSR count). The summed E-state index contributed by atoms with van der Waals surface area (Å²) in [6.07, 6.45) is 3.92. The van der Waals surface area contributed by atoms with Crippen LogP contribution >= 0.6 is 0 Å².